The van der Waals surface area contributed by atoms with Gasteiger partial charge in [-0.05, 0) is 19.4 Å². The van der Waals surface area contributed by atoms with Gasteiger partial charge in [-0.2, -0.15) is 0 Å². The summed E-state index contributed by atoms with van der Waals surface area (Å²) in [5.41, 5.74) is 0. The van der Waals surface area contributed by atoms with Gasteiger partial charge in [-0.15, -0.1) is 0 Å². The quantitative estimate of drug-likeness (QED) is 0.604. The van der Waals surface area contributed by atoms with E-state index >= 15 is 0 Å². The zero-order chi connectivity index (χ0) is 13.1. The van der Waals surface area contributed by atoms with E-state index in [1.807, 2.05) is 0 Å². The molecule has 6 nitrogen and oxygen atoms in total. The van der Waals surface area contributed by atoms with Crippen LogP contribution in [0.25, 0.3) is 0 Å². The second-order valence-electron chi connectivity index (χ2n) is 4.34. The summed E-state index contributed by atoms with van der Waals surface area (Å²) in [4.78, 5) is 13.7. The third kappa shape index (κ3) is 7.47. The summed E-state index contributed by atoms with van der Waals surface area (Å²) in [5.74, 6) is 0. The Hall–Kier alpha value is -0.850. The van der Waals surface area contributed by atoms with Crippen LogP contribution in [0, 0.1) is 0 Å². The summed E-state index contributed by atoms with van der Waals surface area (Å²) < 4.78 is 10.2. The number of hydrogen-bond donors (Lipinski definition) is 2. The second kappa shape index (κ2) is 10.1. The number of morpholine rings is 1. The van der Waals surface area contributed by atoms with Gasteiger partial charge in [0.05, 0.1) is 13.2 Å². The first-order valence-electron chi connectivity index (χ1n) is 6.63. The van der Waals surface area contributed by atoms with Gasteiger partial charge in [-0.25, -0.2) is 4.79 Å². The van der Waals surface area contributed by atoms with Crippen LogP contribution in [0.1, 0.15) is 12.8 Å². The molecule has 1 aliphatic heterocycles. The number of carbonyl (C=O) groups excluding carboxylic acids is 1. The fourth-order valence-corrected chi connectivity index (χ4v) is 1.81. The number of nitrogens with one attached hydrogen (secondary N) is 2. The smallest absolute Gasteiger partial charge is 0.314 e. The van der Waals surface area contributed by atoms with E-state index in [9.17, 15) is 4.79 Å². The predicted octanol–water partition coefficient (Wildman–Crippen LogP) is 0.0444. The van der Waals surface area contributed by atoms with Gasteiger partial charge < -0.3 is 20.1 Å². The largest absolute Gasteiger partial charge is 0.385 e. The van der Waals surface area contributed by atoms with Gasteiger partial charge in [-0.3, -0.25) is 4.90 Å². The SMILES string of the molecule is COCCCNC(=O)NCCCN1CCOCC1. The minimum atomic E-state index is -0.0897. The van der Waals surface area contributed by atoms with Crippen molar-refractivity contribution in [1.82, 2.24) is 15.5 Å². The lowest BCUT2D eigenvalue weighted by Crippen LogP contribution is -2.40. The maximum absolute atomic E-state index is 11.4. The van der Waals surface area contributed by atoms with Gasteiger partial charge in [0, 0.05) is 39.9 Å². The van der Waals surface area contributed by atoms with E-state index in [-0.39, 0.29) is 6.03 Å². The Morgan fingerprint density at radius 1 is 1.22 bits per heavy atom. The molecule has 1 heterocycles. The summed E-state index contributed by atoms with van der Waals surface area (Å²) >= 11 is 0. The van der Waals surface area contributed by atoms with Crippen LogP contribution in [-0.2, 0) is 9.47 Å². The van der Waals surface area contributed by atoms with Gasteiger partial charge >= 0.3 is 6.03 Å². The molecule has 0 radical (unpaired) electrons. The maximum atomic E-state index is 11.4. The first kappa shape index (κ1) is 15.2. The molecule has 0 saturated carbocycles. The minimum absolute atomic E-state index is 0.0897. The molecular formula is C12H25N3O3. The fraction of sp³-hybridized carbons (Fsp3) is 0.917. The molecule has 0 bridgehead atoms. The number of methoxy groups -OCH3 is 1. The number of hydrogen-bond acceptors (Lipinski definition) is 4. The molecule has 106 valence electrons. The second-order valence-corrected chi connectivity index (χ2v) is 4.34. The summed E-state index contributed by atoms with van der Waals surface area (Å²) in [7, 11) is 1.66. The maximum Gasteiger partial charge on any atom is 0.314 e. The first-order valence-corrected chi connectivity index (χ1v) is 6.63. The molecular weight excluding hydrogens is 234 g/mol. The van der Waals surface area contributed by atoms with Gasteiger partial charge in [0.2, 0.25) is 0 Å². The Kier molecular flexibility index (Phi) is 8.54. The number of amides is 2. The Labute approximate surface area is 109 Å². The third-order valence-electron chi connectivity index (χ3n) is 2.85. The van der Waals surface area contributed by atoms with E-state index in [0.29, 0.717) is 19.7 Å². The lowest BCUT2D eigenvalue weighted by atomic mass is 10.3. The van der Waals surface area contributed by atoms with Gasteiger partial charge in [0.25, 0.3) is 0 Å². The number of carbonyl (C=O) groups is 1. The van der Waals surface area contributed by atoms with Crippen LogP contribution in [0.3, 0.4) is 0 Å². The Morgan fingerprint density at radius 2 is 1.89 bits per heavy atom. The molecule has 0 aromatic heterocycles. The molecule has 2 amide bonds. The third-order valence-corrected chi connectivity index (χ3v) is 2.85. The zero-order valence-corrected chi connectivity index (χ0v) is 11.2. The van der Waals surface area contributed by atoms with Crippen molar-refractivity contribution >= 4 is 6.03 Å². The molecule has 0 aliphatic carbocycles. The Bertz CT molecular complexity index is 221. The molecule has 1 rings (SSSR count). The van der Waals surface area contributed by atoms with E-state index in [1.165, 1.54) is 0 Å². The topological polar surface area (TPSA) is 62.8 Å². The van der Waals surface area contributed by atoms with Crippen molar-refractivity contribution in [2.24, 2.45) is 0 Å². The summed E-state index contributed by atoms with van der Waals surface area (Å²) in [6.45, 7) is 6.73. The van der Waals surface area contributed by atoms with Crippen molar-refractivity contribution in [3.05, 3.63) is 0 Å². The molecule has 6 heteroatoms. The van der Waals surface area contributed by atoms with Crippen LogP contribution in [0.4, 0.5) is 4.79 Å². The van der Waals surface area contributed by atoms with Crippen LogP contribution >= 0.6 is 0 Å². The number of nitrogens with zero attached hydrogens (tertiary/aromatic N) is 1. The van der Waals surface area contributed by atoms with E-state index in [4.69, 9.17) is 9.47 Å². The lowest BCUT2D eigenvalue weighted by Gasteiger charge is -2.26. The normalized spacial score (nSPS) is 16.5. The highest BCUT2D eigenvalue weighted by atomic mass is 16.5. The Balaban J connectivity index is 1.88. The zero-order valence-electron chi connectivity index (χ0n) is 11.2. The lowest BCUT2D eigenvalue weighted by molar-refractivity contribution is 0.0375. The highest BCUT2D eigenvalue weighted by Gasteiger charge is 2.09. The molecule has 2 N–H and O–H groups in total. The average molecular weight is 259 g/mol. The molecule has 0 unspecified atom stereocenters. The van der Waals surface area contributed by atoms with Crippen LogP contribution in [0.2, 0.25) is 0 Å². The molecule has 1 fully saturated rings. The van der Waals surface area contributed by atoms with Crippen LogP contribution < -0.4 is 10.6 Å². The van der Waals surface area contributed by atoms with Crippen LogP contribution in [-0.4, -0.2) is 70.6 Å². The highest BCUT2D eigenvalue weighted by Crippen LogP contribution is 1.97. The monoisotopic (exact) mass is 259 g/mol. The van der Waals surface area contributed by atoms with Crippen molar-refractivity contribution in [2.75, 3.05) is 59.7 Å². The summed E-state index contributed by atoms with van der Waals surface area (Å²) in [6, 6.07) is -0.0897. The average Bonchev–Trinajstić information content (AvgIpc) is 2.41. The summed E-state index contributed by atoms with van der Waals surface area (Å²) in [5, 5.41) is 5.64. The molecule has 0 atom stereocenters. The standard InChI is InChI=1S/C12H25N3O3/c1-17-9-3-5-14-12(16)13-4-2-6-15-7-10-18-11-8-15/h2-11H2,1H3,(H2,13,14,16). The van der Waals surface area contributed by atoms with Crippen molar-refractivity contribution in [3.8, 4) is 0 Å². The summed E-state index contributed by atoms with van der Waals surface area (Å²) in [6.07, 6.45) is 1.82. The molecule has 18 heavy (non-hydrogen) atoms. The van der Waals surface area contributed by atoms with Gasteiger partial charge in [0.1, 0.15) is 0 Å². The van der Waals surface area contributed by atoms with Gasteiger partial charge in [0.15, 0.2) is 0 Å². The molecule has 1 aliphatic rings. The van der Waals surface area contributed by atoms with E-state index in [2.05, 4.69) is 15.5 Å². The minimum Gasteiger partial charge on any atom is -0.385 e. The van der Waals surface area contributed by atoms with E-state index < -0.39 is 0 Å². The van der Waals surface area contributed by atoms with Gasteiger partial charge in [-0.1, -0.05) is 0 Å². The molecule has 0 aromatic carbocycles. The Morgan fingerprint density at radius 3 is 2.56 bits per heavy atom. The molecule has 1 saturated heterocycles. The van der Waals surface area contributed by atoms with E-state index in [0.717, 1.165) is 45.7 Å². The first-order chi connectivity index (χ1) is 8.83. The van der Waals surface area contributed by atoms with Crippen LogP contribution in [0.5, 0.6) is 0 Å². The molecule has 0 aromatic rings. The molecule has 0 spiro atoms. The number of ether oxygens (including phenoxy) is 2. The van der Waals surface area contributed by atoms with Crippen LogP contribution in [0.15, 0.2) is 0 Å². The predicted molar refractivity (Wildman–Crippen MR) is 69.8 cm³/mol. The number of urea groups is 1. The van der Waals surface area contributed by atoms with Crippen molar-refractivity contribution in [3.63, 3.8) is 0 Å². The van der Waals surface area contributed by atoms with Crippen molar-refractivity contribution in [1.29, 1.82) is 0 Å². The fourth-order valence-electron chi connectivity index (χ4n) is 1.81. The van der Waals surface area contributed by atoms with Crippen molar-refractivity contribution < 1.29 is 14.3 Å². The highest BCUT2D eigenvalue weighted by molar-refractivity contribution is 5.73. The number of rotatable bonds is 8. The van der Waals surface area contributed by atoms with Crippen molar-refractivity contribution in [2.45, 2.75) is 12.8 Å². The van der Waals surface area contributed by atoms with E-state index in [1.54, 1.807) is 7.11 Å².